The first kappa shape index (κ1) is 35.2. The number of fused-ring (bicyclic) bond motifs is 9. The number of nitrogens with zero attached hydrogens (tertiary/aromatic N) is 1. The van der Waals surface area contributed by atoms with Gasteiger partial charge in [-0.3, -0.25) is 0 Å². The van der Waals surface area contributed by atoms with E-state index in [0.29, 0.717) is 0 Å². The highest BCUT2D eigenvalue weighted by Crippen LogP contribution is 2.57. The summed E-state index contributed by atoms with van der Waals surface area (Å²) in [6.45, 7) is 4.77. The SMILES string of the molecule is CC1(C)C2=CCC(N(c3ccc(-c4ccc5sc6ccccc6c5c4)cc3)c3ccc4c(c3)-c3ccccc3C4(c3ccccc3)c3ccccc3)C=C2c2ccccc21. The third-order valence-electron chi connectivity index (χ3n) is 13.7. The second-order valence-corrected chi connectivity index (χ2v) is 18.2. The topological polar surface area (TPSA) is 3.24 Å². The van der Waals surface area contributed by atoms with Gasteiger partial charge in [0.2, 0.25) is 0 Å². The van der Waals surface area contributed by atoms with Crippen LogP contribution in [-0.2, 0) is 10.8 Å². The predicted molar refractivity (Wildman–Crippen MR) is 255 cm³/mol. The van der Waals surface area contributed by atoms with E-state index >= 15 is 0 Å². The Balaban J connectivity index is 1.03. The molecule has 8 aromatic carbocycles. The van der Waals surface area contributed by atoms with Crippen molar-refractivity contribution in [2.75, 3.05) is 4.90 Å². The van der Waals surface area contributed by atoms with Gasteiger partial charge in [0, 0.05) is 37.0 Å². The summed E-state index contributed by atoms with van der Waals surface area (Å²) < 4.78 is 2.67. The zero-order valence-electron chi connectivity index (χ0n) is 33.8. The summed E-state index contributed by atoms with van der Waals surface area (Å²) in [6.07, 6.45) is 6.01. The smallest absolute Gasteiger partial charge is 0.0713 e. The van der Waals surface area contributed by atoms with E-state index in [0.717, 1.165) is 6.42 Å². The minimum atomic E-state index is -0.433. The maximum absolute atomic E-state index is 2.60. The minimum Gasteiger partial charge on any atom is -0.334 e. The Bertz CT molecular complexity index is 3160. The van der Waals surface area contributed by atoms with Crippen molar-refractivity contribution in [2.24, 2.45) is 0 Å². The second-order valence-electron chi connectivity index (χ2n) is 17.2. The first-order valence-electron chi connectivity index (χ1n) is 21.2. The Morgan fingerprint density at radius 3 is 1.85 bits per heavy atom. The van der Waals surface area contributed by atoms with Gasteiger partial charge in [0.1, 0.15) is 0 Å². The Hall–Kier alpha value is -6.74. The molecule has 0 fully saturated rings. The molecule has 0 amide bonds. The molecule has 1 nitrogen and oxygen atoms in total. The third kappa shape index (κ3) is 5.11. The molecule has 1 unspecified atom stereocenters. The van der Waals surface area contributed by atoms with Gasteiger partial charge >= 0.3 is 0 Å². The predicted octanol–water partition coefficient (Wildman–Crippen LogP) is 15.3. The summed E-state index contributed by atoms with van der Waals surface area (Å²) in [5.74, 6) is 0. The Labute approximate surface area is 356 Å². The molecule has 0 spiro atoms. The van der Waals surface area contributed by atoms with Gasteiger partial charge in [0.15, 0.2) is 0 Å². The summed E-state index contributed by atoms with van der Waals surface area (Å²) in [5.41, 5.74) is 17.8. The van der Waals surface area contributed by atoms with Crippen LogP contribution in [0, 0.1) is 0 Å². The van der Waals surface area contributed by atoms with Gasteiger partial charge in [-0.1, -0.05) is 178 Å². The fourth-order valence-electron chi connectivity index (χ4n) is 11.0. The number of thiophene rings is 1. The van der Waals surface area contributed by atoms with Gasteiger partial charge in [-0.2, -0.15) is 0 Å². The monoisotopic (exact) mass is 785 g/mol. The van der Waals surface area contributed by atoms with E-state index in [1.807, 2.05) is 11.3 Å². The molecule has 2 heteroatoms. The van der Waals surface area contributed by atoms with Crippen molar-refractivity contribution in [3.8, 4) is 22.3 Å². The molecule has 1 heterocycles. The molecular formula is C58H43NS. The van der Waals surface area contributed by atoms with Crippen LogP contribution >= 0.6 is 11.3 Å². The maximum Gasteiger partial charge on any atom is 0.0713 e. The molecular weight excluding hydrogens is 743 g/mol. The number of hydrogen-bond acceptors (Lipinski definition) is 2. The van der Waals surface area contributed by atoms with E-state index in [1.165, 1.54) is 98.3 Å². The van der Waals surface area contributed by atoms with Crippen molar-refractivity contribution in [3.05, 3.63) is 245 Å². The van der Waals surface area contributed by atoms with Crippen LogP contribution in [0.2, 0.25) is 0 Å². The molecule has 0 radical (unpaired) electrons. The lowest BCUT2D eigenvalue weighted by atomic mass is 9.68. The average Bonchev–Trinajstić information content (AvgIpc) is 3.90. The van der Waals surface area contributed by atoms with Gasteiger partial charge in [0.25, 0.3) is 0 Å². The molecule has 9 aromatic rings. The lowest BCUT2D eigenvalue weighted by Gasteiger charge is -2.36. The van der Waals surface area contributed by atoms with Gasteiger partial charge < -0.3 is 4.90 Å². The molecule has 0 N–H and O–H groups in total. The van der Waals surface area contributed by atoms with Gasteiger partial charge in [-0.05, 0) is 116 Å². The first-order chi connectivity index (χ1) is 29.5. The van der Waals surface area contributed by atoms with E-state index in [4.69, 9.17) is 0 Å². The van der Waals surface area contributed by atoms with Crippen LogP contribution in [0.4, 0.5) is 11.4 Å². The fraction of sp³-hybridized carbons (Fsp3) is 0.103. The Kier molecular flexibility index (Phi) is 7.86. The zero-order chi connectivity index (χ0) is 40.0. The third-order valence-corrected chi connectivity index (χ3v) is 14.8. The van der Waals surface area contributed by atoms with E-state index in [2.05, 4.69) is 225 Å². The number of anilines is 2. The molecule has 0 saturated heterocycles. The summed E-state index contributed by atoms with van der Waals surface area (Å²) >= 11 is 1.87. The van der Waals surface area contributed by atoms with Crippen molar-refractivity contribution >= 4 is 48.5 Å². The van der Waals surface area contributed by atoms with Crippen molar-refractivity contribution in [1.82, 2.24) is 0 Å². The normalized spacial score (nSPS) is 16.7. The maximum atomic E-state index is 2.60. The van der Waals surface area contributed by atoms with Gasteiger partial charge in [-0.25, -0.2) is 0 Å². The van der Waals surface area contributed by atoms with E-state index in [-0.39, 0.29) is 11.5 Å². The summed E-state index contributed by atoms with van der Waals surface area (Å²) in [5, 5.41) is 2.66. The summed E-state index contributed by atoms with van der Waals surface area (Å²) in [4.78, 5) is 2.60. The molecule has 1 atom stereocenters. The van der Waals surface area contributed by atoms with Crippen LogP contribution in [0.1, 0.15) is 53.6 Å². The van der Waals surface area contributed by atoms with Crippen molar-refractivity contribution in [2.45, 2.75) is 37.1 Å². The van der Waals surface area contributed by atoms with Gasteiger partial charge in [-0.15, -0.1) is 11.3 Å². The highest BCUT2D eigenvalue weighted by Gasteiger charge is 2.46. The lowest BCUT2D eigenvalue weighted by Crippen LogP contribution is -2.32. The summed E-state index contributed by atoms with van der Waals surface area (Å²) in [6, 6.07) is 72.8. The van der Waals surface area contributed by atoms with Crippen molar-refractivity contribution < 1.29 is 0 Å². The molecule has 3 aliphatic carbocycles. The number of allylic oxidation sites excluding steroid dienone is 2. The Morgan fingerprint density at radius 2 is 1.08 bits per heavy atom. The molecule has 60 heavy (non-hydrogen) atoms. The Morgan fingerprint density at radius 1 is 0.483 bits per heavy atom. The molecule has 0 saturated carbocycles. The molecule has 0 bridgehead atoms. The lowest BCUT2D eigenvalue weighted by molar-refractivity contribution is 0.648. The van der Waals surface area contributed by atoms with Crippen LogP contribution in [0.25, 0.3) is 48.0 Å². The van der Waals surface area contributed by atoms with Gasteiger partial charge in [0.05, 0.1) is 11.5 Å². The first-order valence-corrected chi connectivity index (χ1v) is 22.0. The molecule has 0 aliphatic heterocycles. The highest BCUT2D eigenvalue weighted by molar-refractivity contribution is 7.25. The minimum absolute atomic E-state index is 0.0236. The van der Waals surface area contributed by atoms with Crippen LogP contribution in [0.5, 0.6) is 0 Å². The van der Waals surface area contributed by atoms with E-state index in [9.17, 15) is 0 Å². The van der Waals surface area contributed by atoms with E-state index < -0.39 is 5.41 Å². The molecule has 1 aromatic heterocycles. The molecule has 286 valence electrons. The van der Waals surface area contributed by atoms with Crippen LogP contribution in [0.15, 0.2) is 212 Å². The highest BCUT2D eigenvalue weighted by atomic mass is 32.1. The zero-order valence-corrected chi connectivity index (χ0v) is 34.6. The van der Waals surface area contributed by atoms with E-state index in [1.54, 1.807) is 0 Å². The number of benzene rings is 8. The van der Waals surface area contributed by atoms with Crippen LogP contribution in [-0.4, -0.2) is 6.04 Å². The van der Waals surface area contributed by atoms with Crippen molar-refractivity contribution in [1.29, 1.82) is 0 Å². The number of hydrogen-bond donors (Lipinski definition) is 0. The number of rotatable bonds is 6. The fourth-order valence-corrected chi connectivity index (χ4v) is 12.0. The van der Waals surface area contributed by atoms with Crippen molar-refractivity contribution in [3.63, 3.8) is 0 Å². The second kappa shape index (κ2) is 13.4. The molecule has 12 rings (SSSR count). The largest absolute Gasteiger partial charge is 0.334 e. The van der Waals surface area contributed by atoms with Crippen LogP contribution < -0.4 is 4.90 Å². The summed E-state index contributed by atoms with van der Waals surface area (Å²) in [7, 11) is 0. The van der Waals surface area contributed by atoms with Crippen LogP contribution in [0.3, 0.4) is 0 Å². The average molecular weight is 786 g/mol. The quantitative estimate of drug-likeness (QED) is 0.162. The molecule has 3 aliphatic rings. The standard InChI is InChI=1S/C58H43NS/c1-57(2)51-22-12-9-19-45(51)48-36-43(30-32-52(48)57)59(42-28-25-38(26-29-42)39-27-34-56-50(35-39)47-21-11-14-24-55(47)60-56)44-31-33-54-49(37-44)46-20-10-13-23-53(46)58(54,40-15-5-3-6-16-40)41-17-7-4-8-18-41/h3-29,31-37,43H,30H2,1-2H3.